The molecule has 56 valence electrons. The maximum absolute atomic E-state index is 4.78. The van der Waals surface area contributed by atoms with Gasteiger partial charge in [0, 0.05) is 25.1 Å². The minimum Gasteiger partial charge on any atom is -0.364 e. The highest BCUT2D eigenvalue weighted by molar-refractivity contribution is 5.85. The minimum atomic E-state index is 0. The van der Waals surface area contributed by atoms with Crippen molar-refractivity contribution in [2.75, 3.05) is 6.54 Å². The van der Waals surface area contributed by atoms with Gasteiger partial charge in [-0.15, -0.1) is 12.4 Å². The molecular formula is C6H9ClN2O. The Hall–Kier alpha value is -0.540. The van der Waals surface area contributed by atoms with E-state index in [0.717, 1.165) is 25.2 Å². The van der Waals surface area contributed by atoms with Crippen LogP contribution >= 0.6 is 12.4 Å². The molecule has 0 unspecified atom stereocenters. The van der Waals surface area contributed by atoms with Gasteiger partial charge in [0.2, 0.25) is 0 Å². The number of hydrogen-bond donors (Lipinski definition) is 1. The van der Waals surface area contributed by atoms with Crippen LogP contribution in [0.5, 0.6) is 0 Å². The number of halogens is 1. The van der Waals surface area contributed by atoms with Crippen molar-refractivity contribution in [3.8, 4) is 0 Å². The fraction of sp³-hybridized carbons (Fsp3) is 0.500. The monoisotopic (exact) mass is 160 g/mol. The molecule has 4 heteroatoms. The van der Waals surface area contributed by atoms with Gasteiger partial charge >= 0.3 is 0 Å². The van der Waals surface area contributed by atoms with Gasteiger partial charge in [0.1, 0.15) is 6.26 Å². The number of rotatable bonds is 0. The molecule has 1 aliphatic heterocycles. The third-order valence-corrected chi connectivity index (χ3v) is 1.58. The lowest BCUT2D eigenvalue weighted by Gasteiger charge is -2.08. The maximum atomic E-state index is 4.78. The van der Waals surface area contributed by atoms with Crippen LogP contribution in [0.1, 0.15) is 11.3 Å². The number of fused-ring (bicyclic) bond motifs is 1. The van der Waals surface area contributed by atoms with E-state index in [4.69, 9.17) is 4.52 Å². The molecule has 1 aromatic heterocycles. The van der Waals surface area contributed by atoms with E-state index < -0.39 is 0 Å². The van der Waals surface area contributed by atoms with Crippen LogP contribution in [0.2, 0.25) is 0 Å². The lowest BCUT2D eigenvalue weighted by Crippen LogP contribution is -2.22. The lowest BCUT2D eigenvalue weighted by atomic mass is 10.1. The highest BCUT2D eigenvalue weighted by Crippen LogP contribution is 2.09. The predicted octanol–water partition coefficient (Wildman–Crippen LogP) is 0.742. The van der Waals surface area contributed by atoms with Crippen LogP contribution in [0, 0.1) is 0 Å². The van der Waals surface area contributed by atoms with E-state index in [0.29, 0.717) is 0 Å². The fourth-order valence-electron chi connectivity index (χ4n) is 1.06. The Balaban J connectivity index is 0.000000500. The van der Waals surface area contributed by atoms with Crippen molar-refractivity contribution >= 4 is 12.4 Å². The molecule has 0 spiro atoms. The minimum absolute atomic E-state index is 0. The highest BCUT2D eigenvalue weighted by Gasteiger charge is 2.10. The van der Waals surface area contributed by atoms with Gasteiger partial charge in [-0.25, -0.2) is 0 Å². The highest BCUT2D eigenvalue weighted by atomic mass is 35.5. The standard InChI is InChI=1S/C6H8N2O.ClH/c1-2-7-3-5-4-9-8-6(1)5;/h4,7H,1-3H2;1H. The van der Waals surface area contributed by atoms with Crippen molar-refractivity contribution in [1.82, 2.24) is 10.5 Å². The SMILES string of the molecule is Cl.c1onc2c1CNCC2. The molecule has 0 saturated carbocycles. The largest absolute Gasteiger partial charge is 0.364 e. The van der Waals surface area contributed by atoms with E-state index in [-0.39, 0.29) is 12.4 Å². The van der Waals surface area contributed by atoms with E-state index >= 15 is 0 Å². The molecule has 0 fully saturated rings. The van der Waals surface area contributed by atoms with Gasteiger partial charge in [0.15, 0.2) is 0 Å². The maximum Gasteiger partial charge on any atom is 0.128 e. The molecule has 0 aromatic carbocycles. The Morgan fingerprint density at radius 3 is 3.30 bits per heavy atom. The molecule has 0 atom stereocenters. The first-order valence-corrected chi connectivity index (χ1v) is 3.09. The normalized spacial score (nSPS) is 15.6. The summed E-state index contributed by atoms with van der Waals surface area (Å²) in [6, 6.07) is 0. The van der Waals surface area contributed by atoms with Gasteiger partial charge in [-0.1, -0.05) is 5.16 Å². The second kappa shape index (κ2) is 3.03. The van der Waals surface area contributed by atoms with Gasteiger partial charge in [-0.3, -0.25) is 0 Å². The van der Waals surface area contributed by atoms with Gasteiger partial charge < -0.3 is 9.84 Å². The van der Waals surface area contributed by atoms with Gasteiger partial charge in [0.25, 0.3) is 0 Å². The van der Waals surface area contributed by atoms with Crippen LogP contribution < -0.4 is 5.32 Å². The smallest absolute Gasteiger partial charge is 0.128 e. The third-order valence-electron chi connectivity index (χ3n) is 1.58. The van der Waals surface area contributed by atoms with Crippen molar-refractivity contribution in [3.63, 3.8) is 0 Å². The molecular weight excluding hydrogens is 152 g/mol. The lowest BCUT2D eigenvalue weighted by molar-refractivity contribution is 0.412. The summed E-state index contributed by atoms with van der Waals surface area (Å²) in [4.78, 5) is 0. The number of nitrogens with zero attached hydrogens (tertiary/aromatic N) is 1. The molecule has 0 saturated heterocycles. The second-order valence-corrected chi connectivity index (χ2v) is 2.21. The molecule has 1 aliphatic rings. The van der Waals surface area contributed by atoms with Gasteiger partial charge in [0.05, 0.1) is 5.69 Å². The van der Waals surface area contributed by atoms with E-state index in [1.165, 1.54) is 5.56 Å². The van der Waals surface area contributed by atoms with Gasteiger partial charge in [-0.05, 0) is 0 Å². The molecule has 10 heavy (non-hydrogen) atoms. The molecule has 1 N–H and O–H groups in total. The Morgan fingerprint density at radius 2 is 2.50 bits per heavy atom. The van der Waals surface area contributed by atoms with Crippen LogP contribution in [-0.4, -0.2) is 11.7 Å². The van der Waals surface area contributed by atoms with Crippen molar-refractivity contribution in [1.29, 1.82) is 0 Å². The van der Waals surface area contributed by atoms with E-state index in [2.05, 4.69) is 10.5 Å². The number of nitrogens with one attached hydrogen (secondary N) is 1. The molecule has 3 nitrogen and oxygen atoms in total. The summed E-state index contributed by atoms with van der Waals surface area (Å²) in [5.74, 6) is 0. The molecule has 0 bridgehead atoms. The van der Waals surface area contributed by atoms with Crippen LogP contribution in [0.3, 0.4) is 0 Å². The zero-order valence-corrected chi connectivity index (χ0v) is 6.28. The molecule has 1 aromatic rings. The Kier molecular flexibility index (Phi) is 2.29. The first-order chi connectivity index (χ1) is 4.47. The molecule has 0 aliphatic carbocycles. The average Bonchev–Trinajstić information content (AvgIpc) is 2.33. The van der Waals surface area contributed by atoms with Crippen LogP contribution in [0.25, 0.3) is 0 Å². The van der Waals surface area contributed by atoms with Crippen LogP contribution in [0.4, 0.5) is 0 Å². The summed E-state index contributed by atoms with van der Waals surface area (Å²) in [6.45, 7) is 1.94. The van der Waals surface area contributed by atoms with Crippen molar-refractivity contribution in [2.45, 2.75) is 13.0 Å². The quantitative estimate of drug-likeness (QED) is 0.609. The fourth-order valence-corrected chi connectivity index (χ4v) is 1.06. The molecule has 0 radical (unpaired) electrons. The van der Waals surface area contributed by atoms with Crippen molar-refractivity contribution in [2.24, 2.45) is 0 Å². The van der Waals surface area contributed by atoms with Gasteiger partial charge in [-0.2, -0.15) is 0 Å². The van der Waals surface area contributed by atoms with Crippen molar-refractivity contribution < 1.29 is 4.52 Å². The Labute approximate surface area is 65.2 Å². The first-order valence-electron chi connectivity index (χ1n) is 3.09. The van der Waals surface area contributed by atoms with E-state index in [9.17, 15) is 0 Å². The first kappa shape index (κ1) is 7.57. The zero-order valence-electron chi connectivity index (χ0n) is 5.46. The third kappa shape index (κ3) is 1.15. The summed E-state index contributed by atoms with van der Waals surface area (Å²) >= 11 is 0. The summed E-state index contributed by atoms with van der Waals surface area (Å²) in [5, 5.41) is 7.07. The zero-order chi connectivity index (χ0) is 6.10. The summed E-state index contributed by atoms with van der Waals surface area (Å²) in [5.41, 5.74) is 2.33. The topological polar surface area (TPSA) is 38.1 Å². The number of hydrogen-bond acceptors (Lipinski definition) is 3. The Bertz CT molecular complexity index is 191. The molecule has 2 rings (SSSR count). The molecule has 0 amide bonds. The van der Waals surface area contributed by atoms with Crippen LogP contribution in [0.15, 0.2) is 10.8 Å². The van der Waals surface area contributed by atoms with E-state index in [1.807, 2.05) is 0 Å². The van der Waals surface area contributed by atoms with Crippen molar-refractivity contribution in [3.05, 3.63) is 17.5 Å². The number of aromatic nitrogens is 1. The van der Waals surface area contributed by atoms with Crippen LogP contribution in [-0.2, 0) is 13.0 Å². The summed E-state index contributed by atoms with van der Waals surface area (Å²) in [6.07, 6.45) is 2.72. The summed E-state index contributed by atoms with van der Waals surface area (Å²) in [7, 11) is 0. The summed E-state index contributed by atoms with van der Waals surface area (Å²) < 4.78 is 4.78. The Morgan fingerprint density at radius 1 is 1.60 bits per heavy atom. The predicted molar refractivity (Wildman–Crippen MR) is 39.2 cm³/mol. The average molecular weight is 161 g/mol. The second-order valence-electron chi connectivity index (χ2n) is 2.21. The van der Waals surface area contributed by atoms with E-state index in [1.54, 1.807) is 6.26 Å². The molecule has 2 heterocycles.